The SMILES string of the molecule is N#Cc1cc(F)cc(CNC2CCC2)c1. The normalized spacial score (nSPS) is 15.7. The topological polar surface area (TPSA) is 35.8 Å². The lowest BCUT2D eigenvalue weighted by molar-refractivity contribution is 0.338. The van der Waals surface area contributed by atoms with Crippen molar-refractivity contribution in [3.63, 3.8) is 0 Å². The first-order valence-electron chi connectivity index (χ1n) is 5.21. The van der Waals surface area contributed by atoms with Crippen LogP contribution in [0.15, 0.2) is 18.2 Å². The molecule has 0 heterocycles. The van der Waals surface area contributed by atoms with Gasteiger partial charge in [-0.25, -0.2) is 4.39 Å². The van der Waals surface area contributed by atoms with Crippen molar-refractivity contribution in [3.8, 4) is 6.07 Å². The van der Waals surface area contributed by atoms with E-state index in [0.717, 1.165) is 5.56 Å². The van der Waals surface area contributed by atoms with Crippen LogP contribution in [-0.2, 0) is 6.54 Å². The smallest absolute Gasteiger partial charge is 0.124 e. The van der Waals surface area contributed by atoms with E-state index in [-0.39, 0.29) is 5.82 Å². The summed E-state index contributed by atoms with van der Waals surface area (Å²) in [6.07, 6.45) is 3.70. The summed E-state index contributed by atoms with van der Waals surface area (Å²) >= 11 is 0. The van der Waals surface area contributed by atoms with Crippen molar-refractivity contribution in [2.45, 2.75) is 31.8 Å². The van der Waals surface area contributed by atoms with Gasteiger partial charge < -0.3 is 5.32 Å². The number of hydrogen-bond donors (Lipinski definition) is 1. The second-order valence-corrected chi connectivity index (χ2v) is 3.97. The van der Waals surface area contributed by atoms with E-state index in [1.807, 2.05) is 6.07 Å². The Bertz CT molecular complexity index is 391. The minimum Gasteiger partial charge on any atom is -0.310 e. The van der Waals surface area contributed by atoms with E-state index in [4.69, 9.17) is 5.26 Å². The fourth-order valence-corrected chi connectivity index (χ4v) is 1.69. The van der Waals surface area contributed by atoms with E-state index in [2.05, 4.69) is 5.32 Å². The van der Waals surface area contributed by atoms with Crippen LogP contribution in [0.3, 0.4) is 0 Å². The molecule has 0 spiro atoms. The number of rotatable bonds is 3. The summed E-state index contributed by atoms with van der Waals surface area (Å²) in [5.74, 6) is -0.334. The number of nitriles is 1. The average Bonchev–Trinajstić information content (AvgIpc) is 2.14. The predicted octanol–water partition coefficient (Wildman–Crippen LogP) is 2.34. The zero-order valence-electron chi connectivity index (χ0n) is 8.46. The quantitative estimate of drug-likeness (QED) is 0.820. The molecule has 0 saturated heterocycles. The molecule has 2 rings (SSSR count). The maximum Gasteiger partial charge on any atom is 0.124 e. The molecule has 15 heavy (non-hydrogen) atoms. The van der Waals surface area contributed by atoms with Crippen molar-refractivity contribution in [1.82, 2.24) is 5.32 Å². The summed E-state index contributed by atoms with van der Waals surface area (Å²) in [6, 6.07) is 7.00. The van der Waals surface area contributed by atoms with Gasteiger partial charge in [0.15, 0.2) is 0 Å². The molecule has 1 fully saturated rings. The van der Waals surface area contributed by atoms with E-state index in [9.17, 15) is 4.39 Å². The first kappa shape index (κ1) is 10.1. The lowest BCUT2D eigenvalue weighted by Gasteiger charge is -2.26. The van der Waals surface area contributed by atoms with Crippen LogP contribution in [-0.4, -0.2) is 6.04 Å². The van der Waals surface area contributed by atoms with Crippen molar-refractivity contribution in [1.29, 1.82) is 5.26 Å². The zero-order valence-corrected chi connectivity index (χ0v) is 8.46. The first-order chi connectivity index (χ1) is 7.28. The Kier molecular flexibility index (Phi) is 2.98. The van der Waals surface area contributed by atoms with Crippen LogP contribution in [0.25, 0.3) is 0 Å². The molecule has 1 N–H and O–H groups in total. The van der Waals surface area contributed by atoms with Gasteiger partial charge in [0.1, 0.15) is 5.82 Å². The lowest BCUT2D eigenvalue weighted by atomic mass is 9.93. The van der Waals surface area contributed by atoms with Gasteiger partial charge >= 0.3 is 0 Å². The molecule has 0 radical (unpaired) electrons. The largest absolute Gasteiger partial charge is 0.310 e. The molecular weight excluding hydrogens is 191 g/mol. The van der Waals surface area contributed by atoms with Gasteiger partial charge in [-0.2, -0.15) is 5.26 Å². The Balaban J connectivity index is 2.00. The number of halogens is 1. The van der Waals surface area contributed by atoms with E-state index < -0.39 is 0 Å². The van der Waals surface area contributed by atoms with Gasteiger partial charge in [0.25, 0.3) is 0 Å². The third-order valence-corrected chi connectivity index (χ3v) is 2.79. The monoisotopic (exact) mass is 204 g/mol. The minimum absolute atomic E-state index is 0.334. The first-order valence-corrected chi connectivity index (χ1v) is 5.21. The molecule has 0 amide bonds. The molecule has 0 bridgehead atoms. The molecule has 1 aromatic carbocycles. The Labute approximate surface area is 88.7 Å². The highest BCUT2D eigenvalue weighted by molar-refractivity contribution is 5.33. The van der Waals surface area contributed by atoms with Crippen molar-refractivity contribution < 1.29 is 4.39 Å². The van der Waals surface area contributed by atoms with Crippen molar-refractivity contribution in [2.24, 2.45) is 0 Å². The van der Waals surface area contributed by atoms with Crippen LogP contribution < -0.4 is 5.32 Å². The maximum absolute atomic E-state index is 13.1. The Hall–Kier alpha value is -1.40. The Morgan fingerprint density at radius 3 is 2.80 bits per heavy atom. The average molecular weight is 204 g/mol. The predicted molar refractivity (Wildman–Crippen MR) is 55.6 cm³/mol. The van der Waals surface area contributed by atoms with E-state index in [0.29, 0.717) is 18.2 Å². The summed E-state index contributed by atoms with van der Waals surface area (Å²) in [6.45, 7) is 0.650. The second kappa shape index (κ2) is 4.41. The molecule has 0 aliphatic heterocycles. The number of hydrogen-bond acceptors (Lipinski definition) is 2. The molecule has 1 aliphatic rings. The van der Waals surface area contributed by atoms with Crippen LogP contribution in [0.2, 0.25) is 0 Å². The fraction of sp³-hybridized carbons (Fsp3) is 0.417. The molecule has 0 unspecified atom stereocenters. The van der Waals surface area contributed by atoms with E-state index in [1.165, 1.54) is 31.4 Å². The van der Waals surface area contributed by atoms with Crippen LogP contribution >= 0.6 is 0 Å². The van der Waals surface area contributed by atoms with E-state index >= 15 is 0 Å². The third kappa shape index (κ3) is 2.54. The second-order valence-electron chi connectivity index (χ2n) is 3.97. The summed E-state index contributed by atoms with van der Waals surface area (Å²) in [4.78, 5) is 0. The van der Waals surface area contributed by atoms with Crippen LogP contribution in [0, 0.1) is 17.1 Å². The van der Waals surface area contributed by atoms with Crippen LogP contribution in [0.4, 0.5) is 4.39 Å². The number of nitrogens with one attached hydrogen (secondary N) is 1. The maximum atomic E-state index is 13.1. The highest BCUT2D eigenvalue weighted by Crippen LogP contribution is 2.18. The molecule has 1 saturated carbocycles. The van der Waals surface area contributed by atoms with Crippen molar-refractivity contribution >= 4 is 0 Å². The van der Waals surface area contributed by atoms with E-state index in [1.54, 1.807) is 6.07 Å². The molecule has 1 aliphatic carbocycles. The van der Waals surface area contributed by atoms with Gasteiger partial charge in [-0.15, -0.1) is 0 Å². The molecule has 3 heteroatoms. The highest BCUT2D eigenvalue weighted by Gasteiger charge is 2.16. The van der Waals surface area contributed by atoms with Crippen molar-refractivity contribution in [2.75, 3.05) is 0 Å². The van der Waals surface area contributed by atoms with Gasteiger partial charge in [-0.05, 0) is 36.6 Å². The molecule has 1 aromatic rings. The number of nitrogens with zero attached hydrogens (tertiary/aromatic N) is 1. The standard InChI is InChI=1S/C12H13FN2/c13-11-5-9(7-14)4-10(6-11)8-15-12-2-1-3-12/h4-6,12,15H,1-3,8H2. The Morgan fingerprint density at radius 1 is 1.40 bits per heavy atom. The summed E-state index contributed by atoms with van der Waals surface area (Å²) in [5.41, 5.74) is 1.24. The molecular formula is C12H13FN2. The lowest BCUT2D eigenvalue weighted by Crippen LogP contribution is -2.34. The van der Waals surface area contributed by atoms with Crippen molar-refractivity contribution in [3.05, 3.63) is 35.1 Å². The molecule has 2 nitrogen and oxygen atoms in total. The Morgan fingerprint density at radius 2 is 2.20 bits per heavy atom. The van der Waals surface area contributed by atoms with Gasteiger partial charge in [0.2, 0.25) is 0 Å². The fourth-order valence-electron chi connectivity index (χ4n) is 1.69. The molecule has 78 valence electrons. The summed E-state index contributed by atoms with van der Waals surface area (Å²) in [7, 11) is 0. The molecule has 0 atom stereocenters. The van der Waals surface area contributed by atoms with Gasteiger partial charge in [-0.3, -0.25) is 0 Å². The minimum atomic E-state index is -0.334. The third-order valence-electron chi connectivity index (χ3n) is 2.79. The van der Waals surface area contributed by atoms with Crippen LogP contribution in [0.1, 0.15) is 30.4 Å². The highest BCUT2D eigenvalue weighted by atomic mass is 19.1. The van der Waals surface area contributed by atoms with Gasteiger partial charge in [0, 0.05) is 12.6 Å². The van der Waals surface area contributed by atoms with Gasteiger partial charge in [-0.1, -0.05) is 6.42 Å². The molecule has 0 aromatic heterocycles. The summed E-state index contributed by atoms with van der Waals surface area (Å²) < 4.78 is 13.1. The zero-order chi connectivity index (χ0) is 10.7. The van der Waals surface area contributed by atoms with Crippen LogP contribution in [0.5, 0.6) is 0 Å². The summed E-state index contributed by atoms with van der Waals surface area (Å²) in [5, 5.41) is 12.0. The number of benzene rings is 1. The van der Waals surface area contributed by atoms with Gasteiger partial charge in [0.05, 0.1) is 11.6 Å².